The highest BCUT2D eigenvalue weighted by Crippen LogP contribution is 2.45. The van der Waals surface area contributed by atoms with E-state index < -0.39 is 24.4 Å². The molecule has 4 atom stereocenters. The SMILES string of the molecule is CC(O)c1cc2cccc3cc(O)c4cccc1c4c32.CC(O)c1ccc(O)cc1.CC(O)c1ccc(O)cc1.CC(O)c1ccc(O)cc1.c1cc2ccc3ccc4ccc5cccc6c(c1)c2c3c4c56. The zero-order chi connectivity index (χ0) is 50.8. The summed E-state index contributed by atoms with van der Waals surface area (Å²) in [5.41, 5.74) is 3.36. The van der Waals surface area contributed by atoms with Crippen molar-refractivity contribution in [2.75, 3.05) is 0 Å². The average Bonchev–Trinajstić information content (AvgIpc) is 3.38. The van der Waals surface area contributed by atoms with Gasteiger partial charge in [0.1, 0.15) is 23.0 Å². The molecule has 0 amide bonds. The summed E-state index contributed by atoms with van der Waals surface area (Å²) in [6, 6.07) is 62.2. The molecule has 0 spiro atoms. The van der Waals surface area contributed by atoms with Crippen molar-refractivity contribution >= 4 is 86.2 Å². The third-order valence-electron chi connectivity index (χ3n) is 13.3. The summed E-state index contributed by atoms with van der Waals surface area (Å²) in [4.78, 5) is 0. The van der Waals surface area contributed by atoms with Crippen LogP contribution in [0.2, 0.25) is 0 Å². The molecule has 8 nitrogen and oxygen atoms in total. The molecule has 0 saturated heterocycles. The molecular weight excluding hydrogens is 897 g/mol. The van der Waals surface area contributed by atoms with Gasteiger partial charge in [-0.15, -0.1) is 0 Å². The van der Waals surface area contributed by atoms with Gasteiger partial charge in [0.2, 0.25) is 0 Å². The van der Waals surface area contributed by atoms with Crippen LogP contribution in [0.5, 0.6) is 23.0 Å². The summed E-state index contributed by atoms with van der Waals surface area (Å²) < 4.78 is 0. The van der Waals surface area contributed by atoms with E-state index in [9.17, 15) is 10.2 Å². The van der Waals surface area contributed by atoms with Gasteiger partial charge in [-0.2, -0.15) is 0 Å². The summed E-state index contributed by atoms with van der Waals surface area (Å²) in [5.74, 6) is 0.969. The van der Waals surface area contributed by atoms with Crippen LogP contribution in [0, 0.1) is 0 Å². The maximum atomic E-state index is 10.3. The Balaban J connectivity index is 0.000000117. The van der Waals surface area contributed by atoms with Crippen LogP contribution in [0.1, 0.15) is 74.4 Å². The number of phenolic OH excluding ortho intramolecular Hbond substituents is 4. The number of hydrogen-bond donors (Lipinski definition) is 8. The quantitative estimate of drug-likeness (QED) is 0.0639. The van der Waals surface area contributed by atoms with Crippen LogP contribution in [0.4, 0.5) is 0 Å². The summed E-state index contributed by atoms with van der Waals surface area (Å²) in [5, 5.41) is 93.9. The molecule has 0 saturated carbocycles. The van der Waals surface area contributed by atoms with Crippen LogP contribution in [0.15, 0.2) is 194 Å². The van der Waals surface area contributed by atoms with E-state index in [1.165, 1.54) is 53.9 Å². The zero-order valence-electron chi connectivity index (χ0n) is 40.4. The first-order valence-corrected chi connectivity index (χ1v) is 24.0. The third kappa shape index (κ3) is 9.77. The van der Waals surface area contributed by atoms with E-state index in [1.807, 2.05) is 42.5 Å². The van der Waals surface area contributed by atoms with Gasteiger partial charge < -0.3 is 40.9 Å². The second-order valence-corrected chi connectivity index (χ2v) is 18.3. The Labute approximate surface area is 416 Å². The second-order valence-electron chi connectivity index (χ2n) is 18.3. The summed E-state index contributed by atoms with van der Waals surface area (Å²) in [7, 11) is 0. The largest absolute Gasteiger partial charge is 0.508 e. The van der Waals surface area contributed by atoms with E-state index >= 15 is 0 Å². The molecule has 4 unspecified atom stereocenters. The third-order valence-corrected chi connectivity index (χ3v) is 13.3. The molecule has 0 fully saturated rings. The molecule has 13 aromatic carbocycles. The van der Waals surface area contributed by atoms with Gasteiger partial charge in [-0.1, -0.05) is 146 Å². The van der Waals surface area contributed by atoms with E-state index in [1.54, 1.807) is 100 Å². The maximum Gasteiger partial charge on any atom is 0.124 e. The van der Waals surface area contributed by atoms with E-state index in [-0.39, 0.29) is 17.2 Å². The molecule has 0 aliphatic heterocycles. The molecule has 0 aliphatic carbocycles. The number of aliphatic hydroxyl groups excluding tert-OH is 4. The van der Waals surface area contributed by atoms with Crippen molar-refractivity contribution in [3.63, 3.8) is 0 Å². The Morgan fingerprint density at radius 2 is 0.583 bits per heavy atom. The molecule has 360 valence electrons. The Hall–Kier alpha value is -8.24. The summed E-state index contributed by atoms with van der Waals surface area (Å²) in [6.07, 6.45) is -1.91. The number of fused-ring (bicyclic) bond motifs is 1. The predicted molar refractivity (Wildman–Crippen MR) is 295 cm³/mol. The van der Waals surface area contributed by atoms with Crippen LogP contribution in [-0.4, -0.2) is 40.9 Å². The first-order chi connectivity index (χ1) is 34.7. The van der Waals surface area contributed by atoms with Gasteiger partial charge in [-0.3, -0.25) is 0 Å². The average molecular weight is 953 g/mol. The number of aromatic hydroxyl groups is 4. The summed E-state index contributed by atoms with van der Waals surface area (Å²) >= 11 is 0. The molecule has 8 N–H and O–H groups in total. The zero-order valence-corrected chi connectivity index (χ0v) is 40.4. The monoisotopic (exact) mass is 952 g/mol. The highest BCUT2D eigenvalue weighted by atomic mass is 16.3. The molecule has 0 bridgehead atoms. The lowest BCUT2D eigenvalue weighted by molar-refractivity contribution is 0.199. The van der Waals surface area contributed by atoms with Crippen molar-refractivity contribution < 1.29 is 40.9 Å². The van der Waals surface area contributed by atoms with Crippen molar-refractivity contribution in [3.05, 3.63) is 216 Å². The van der Waals surface area contributed by atoms with Crippen LogP contribution >= 0.6 is 0 Å². The van der Waals surface area contributed by atoms with Crippen LogP contribution in [0.25, 0.3) is 86.2 Å². The second kappa shape index (κ2) is 20.6. The van der Waals surface area contributed by atoms with Gasteiger partial charge in [0.25, 0.3) is 0 Å². The highest BCUT2D eigenvalue weighted by molar-refractivity contribution is 6.39. The fraction of sp³-hybridized carbons (Fsp3) is 0.125. The number of hydrogen-bond acceptors (Lipinski definition) is 8. The van der Waals surface area contributed by atoms with E-state index in [4.69, 9.17) is 30.6 Å². The van der Waals surface area contributed by atoms with E-state index in [0.29, 0.717) is 5.75 Å². The number of benzene rings is 13. The van der Waals surface area contributed by atoms with Gasteiger partial charge in [0.15, 0.2) is 0 Å². The molecule has 0 heterocycles. The predicted octanol–water partition coefficient (Wildman–Crippen LogP) is 15.0. The van der Waals surface area contributed by atoms with Gasteiger partial charge in [0.05, 0.1) is 24.4 Å². The minimum Gasteiger partial charge on any atom is -0.508 e. The topological polar surface area (TPSA) is 162 Å². The van der Waals surface area contributed by atoms with E-state index in [0.717, 1.165) is 54.6 Å². The molecule has 0 radical (unpaired) electrons. The van der Waals surface area contributed by atoms with Gasteiger partial charge >= 0.3 is 0 Å². The number of aliphatic hydroxyl groups is 4. The Bertz CT molecular complexity index is 3670. The van der Waals surface area contributed by atoms with Gasteiger partial charge in [-0.05, 0) is 174 Å². The van der Waals surface area contributed by atoms with Gasteiger partial charge in [-0.25, -0.2) is 0 Å². The van der Waals surface area contributed by atoms with Crippen molar-refractivity contribution in [1.29, 1.82) is 0 Å². The Kier molecular flexibility index (Phi) is 14.0. The number of phenols is 4. The maximum absolute atomic E-state index is 10.3. The molecular formula is C64H56O8. The normalized spacial score (nSPS) is 13.0. The van der Waals surface area contributed by atoms with E-state index in [2.05, 4.69) is 78.9 Å². The Morgan fingerprint density at radius 1 is 0.264 bits per heavy atom. The first-order valence-electron chi connectivity index (χ1n) is 24.0. The molecule has 13 rings (SSSR count). The molecule has 0 aromatic heterocycles. The van der Waals surface area contributed by atoms with Gasteiger partial charge in [0, 0.05) is 10.8 Å². The van der Waals surface area contributed by atoms with Crippen molar-refractivity contribution in [1.82, 2.24) is 0 Å². The smallest absolute Gasteiger partial charge is 0.124 e. The molecule has 0 aliphatic rings. The first kappa shape index (κ1) is 48.8. The standard InChI is InChI=1S/C22H12.C18H14O2.3C8H10O2/c1-3-13-7-9-15-11-12-16-10-8-14-4-2-6-18-17(5-1)19(13)21(15)22(16)20(14)18;1-10(19)15-8-11-4-2-5-12-9-16(20)14-7-3-6-13(15)18(14)17(11)12;3*1-6(9)7-2-4-8(10)5-3-7/h1-12H;2-10,19-20H,1H3;3*2-6,9-10H,1H3. The van der Waals surface area contributed by atoms with Crippen molar-refractivity contribution in [3.8, 4) is 23.0 Å². The lowest BCUT2D eigenvalue weighted by Gasteiger charge is -2.17. The Morgan fingerprint density at radius 3 is 0.972 bits per heavy atom. The molecule has 13 aromatic rings. The van der Waals surface area contributed by atoms with Crippen LogP contribution in [0.3, 0.4) is 0 Å². The van der Waals surface area contributed by atoms with Crippen LogP contribution < -0.4 is 0 Å². The lowest BCUT2D eigenvalue weighted by Crippen LogP contribution is -1.95. The van der Waals surface area contributed by atoms with Crippen LogP contribution in [-0.2, 0) is 0 Å². The van der Waals surface area contributed by atoms with Crippen molar-refractivity contribution in [2.24, 2.45) is 0 Å². The molecule has 8 heteroatoms. The summed E-state index contributed by atoms with van der Waals surface area (Å²) in [6.45, 7) is 6.84. The lowest BCUT2D eigenvalue weighted by atomic mass is 9.86. The number of rotatable bonds is 4. The molecule has 72 heavy (non-hydrogen) atoms. The fourth-order valence-corrected chi connectivity index (χ4v) is 9.70. The minimum atomic E-state index is -0.536. The minimum absolute atomic E-state index is 0.226. The fourth-order valence-electron chi connectivity index (χ4n) is 9.70. The van der Waals surface area contributed by atoms with Crippen molar-refractivity contribution in [2.45, 2.75) is 52.1 Å². The highest BCUT2D eigenvalue weighted by Gasteiger charge is 2.18.